The first-order valence-corrected chi connectivity index (χ1v) is 8.06. The molecule has 0 saturated carbocycles. The molecule has 0 aliphatic heterocycles. The second kappa shape index (κ2) is 5.64. The van der Waals surface area contributed by atoms with Gasteiger partial charge in [-0.1, -0.05) is 17.3 Å². The lowest BCUT2D eigenvalue weighted by Crippen LogP contribution is -2.15. The largest absolute Gasteiger partial charge is 0.481 e. The van der Waals surface area contributed by atoms with Gasteiger partial charge < -0.3 is 9.26 Å². The van der Waals surface area contributed by atoms with E-state index in [4.69, 9.17) is 9.26 Å². The zero-order valence-corrected chi connectivity index (χ0v) is 12.5. The molecule has 22 heavy (non-hydrogen) atoms. The summed E-state index contributed by atoms with van der Waals surface area (Å²) in [4.78, 5) is 3.95. The molecule has 7 nitrogen and oxygen atoms in total. The third-order valence-corrected chi connectivity index (χ3v) is 4.20. The molecule has 2 aromatic heterocycles. The summed E-state index contributed by atoms with van der Waals surface area (Å²) in [7, 11) is -2.13. The summed E-state index contributed by atoms with van der Waals surface area (Å²) in [6.45, 7) is 0. The first-order chi connectivity index (χ1) is 10.6. The van der Waals surface area contributed by atoms with E-state index in [1.165, 1.54) is 13.3 Å². The molecule has 1 N–H and O–H groups in total. The summed E-state index contributed by atoms with van der Waals surface area (Å²) in [6.07, 6.45) is 1.39. The minimum atomic E-state index is -3.62. The third-order valence-electron chi connectivity index (χ3n) is 3.00. The van der Waals surface area contributed by atoms with Crippen molar-refractivity contribution in [2.75, 3.05) is 11.8 Å². The van der Waals surface area contributed by atoms with Crippen LogP contribution in [0.2, 0.25) is 0 Å². The van der Waals surface area contributed by atoms with Gasteiger partial charge in [0, 0.05) is 11.5 Å². The van der Waals surface area contributed by atoms with Crippen molar-refractivity contribution in [1.82, 2.24) is 10.1 Å². The number of nitrogens with one attached hydrogen (secondary N) is 1. The van der Waals surface area contributed by atoms with E-state index in [2.05, 4.69) is 14.9 Å². The van der Waals surface area contributed by atoms with Gasteiger partial charge in [0.15, 0.2) is 5.58 Å². The van der Waals surface area contributed by atoms with Crippen molar-refractivity contribution >= 4 is 26.7 Å². The highest BCUT2D eigenvalue weighted by molar-refractivity contribution is 7.91. The maximum Gasteiger partial charge on any atom is 0.238 e. The van der Waals surface area contributed by atoms with Crippen LogP contribution in [0.4, 0.5) is 5.69 Å². The molecule has 114 valence electrons. The first kappa shape index (κ1) is 14.3. The number of nitrogens with zero attached hydrogens (tertiary/aromatic N) is 2. The molecule has 0 unspecified atom stereocenters. The Morgan fingerprint density at radius 2 is 2.05 bits per heavy atom. The quantitative estimate of drug-likeness (QED) is 0.774. The number of ether oxygens (including phenoxy) is 1. The lowest BCUT2D eigenvalue weighted by Gasteiger charge is -2.07. The normalized spacial score (nSPS) is 11.5. The summed E-state index contributed by atoms with van der Waals surface area (Å²) in [5.74, 6) is 0.126. The fourth-order valence-corrected chi connectivity index (χ4v) is 3.12. The van der Waals surface area contributed by atoms with Gasteiger partial charge in [0.1, 0.15) is 11.4 Å². The van der Waals surface area contributed by atoms with Gasteiger partial charge in [0.05, 0.1) is 19.0 Å². The lowest BCUT2D eigenvalue weighted by molar-refractivity contribution is 0.398. The predicted molar refractivity (Wildman–Crippen MR) is 81.0 cm³/mol. The maximum atomic E-state index is 12.2. The number of aromatic nitrogens is 2. The summed E-state index contributed by atoms with van der Waals surface area (Å²) in [5.41, 5.74) is 1.27. The van der Waals surface area contributed by atoms with Crippen molar-refractivity contribution in [3.8, 4) is 5.88 Å². The SMILES string of the molecule is COc1ccc(NS(=O)(=O)Cc2noc3ccccc23)cn1. The van der Waals surface area contributed by atoms with Crippen LogP contribution in [0.15, 0.2) is 47.1 Å². The lowest BCUT2D eigenvalue weighted by atomic mass is 10.2. The fourth-order valence-electron chi connectivity index (χ4n) is 2.00. The Bertz CT molecular complexity index is 888. The maximum absolute atomic E-state index is 12.2. The molecule has 2 heterocycles. The average molecular weight is 319 g/mol. The molecule has 1 aromatic carbocycles. The summed E-state index contributed by atoms with van der Waals surface area (Å²) in [6, 6.07) is 10.3. The van der Waals surface area contributed by atoms with Crippen molar-refractivity contribution < 1.29 is 17.7 Å². The smallest absolute Gasteiger partial charge is 0.238 e. The molecule has 0 amide bonds. The number of pyridine rings is 1. The van der Waals surface area contributed by atoms with Crippen LogP contribution in [0.5, 0.6) is 5.88 Å². The van der Waals surface area contributed by atoms with Gasteiger partial charge in [-0.05, 0) is 18.2 Å². The van der Waals surface area contributed by atoms with E-state index in [0.29, 0.717) is 28.2 Å². The van der Waals surface area contributed by atoms with Crippen LogP contribution in [-0.2, 0) is 15.8 Å². The number of methoxy groups -OCH3 is 1. The molecule has 3 rings (SSSR count). The molecule has 0 atom stereocenters. The van der Waals surface area contributed by atoms with E-state index in [1.54, 1.807) is 36.4 Å². The van der Waals surface area contributed by atoms with E-state index in [-0.39, 0.29) is 5.75 Å². The Morgan fingerprint density at radius 1 is 1.23 bits per heavy atom. The van der Waals surface area contributed by atoms with Crippen molar-refractivity contribution in [2.45, 2.75) is 5.75 Å². The van der Waals surface area contributed by atoms with Gasteiger partial charge in [0.25, 0.3) is 0 Å². The molecule has 0 radical (unpaired) electrons. The Hall–Kier alpha value is -2.61. The van der Waals surface area contributed by atoms with E-state index >= 15 is 0 Å². The van der Waals surface area contributed by atoms with Crippen LogP contribution in [0.3, 0.4) is 0 Å². The number of para-hydroxylation sites is 1. The van der Waals surface area contributed by atoms with Crippen molar-refractivity contribution in [3.63, 3.8) is 0 Å². The monoisotopic (exact) mass is 319 g/mol. The van der Waals surface area contributed by atoms with Crippen molar-refractivity contribution in [1.29, 1.82) is 0 Å². The van der Waals surface area contributed by atoms with Gasteiger partial charge >= 0.3 is 0 Å². The minimum absolute atomic E-state index is 0.282. The predicted octanol–water partition coefficient (Wildman–Crippen LogP) is 2.17. The molecule has 0 fully saturated rings. The van der Waals surface area contributed by atoms with Gasteiger partial charge in [-0.15, -0.1) is 0 Å². The first-order valence-electron chi connectivity index (χ1n) is 6.41. The highest BCUT2D eigenvalue weighted by atomic mass is 32.2. The minimum Gasteiger partial charge on any atom is -0.481 e. The zero-order valence-electron chi connectivity index (χ0n) is 11.7. The Kier molecular flexibility index (Phi) is 3.68. The number of rotatable bonds is 5. The van der Waals surface area contributed by atoms with Crippen LogP contribution in [0.25, 0.3) is 11.0 Å². The zero-order chi connectivity index (χ0) is 15.6. The molecule has 0 saturated heterocycles. The molecular formula is C14H13N3O4S. The highest BCUT2D eigenvalue weighted by Crippen LogP contribution is 2.21. The highest BCUT2D eigenvalue weighted by Gasteiger charge is 2.17. The van der Waals surface area contributed by atoms with Crippen LogP contribution >= 0.6 is 0 Å². The number of anilines is 1. The summed E-state index contributed by atoms with van der Waals surface area (Å²) < 4.78 is 36.9. The molecule has 0 aliphatic rings. The standard InChI is InChI=1S/C14H13N3O4S/c1-20-14-7-6-10(8-15-14)17-22(18,19)9-12-11-4-2-3-5-13(11)21-16-12/h2-8,17H,9H2,1H3. The number of hydrogen-bond acceptors (Lipinski definition) is 6. The second-order valence-electron chi connectivity index (χ2n) is 4.58. The van der Waals surface area contributed by atoms with Crippen molar-refractivity contribution in [2.24, 2.45) is 0 Å². The van der Waals surface area contributed by atoms with Gasteiger partial charge in [-0.3, -0.25) is 4.72 Å². The second-order valence-corrected chi connectivity index (χ2v) is 6.30. The molecular weight excluding hydrogens is 306 g/mol. The van der Waals surface area contributed by atoms with E-state index in [0.717, 1.165) is 0 Å². The molecule has 0 aliphatic carbocycles. The average Bonchev–Trinajstić information content (AvgIpc) is 2.90. The summed E-state index contributed by atoms with van der Waals surface area (Å²) >= 11 is 0. The number of fused-ring (bicyclic) bond motifs is 1. The van der Waals surface area contributed by atoms with E-state index in [9.17, 15) is 8.42 Å². The fraction of sp³-hybridized carbons (Fsp3) is 0.143. The Balaban J connectivity index is 1.80. The molecule has 0 bridgehead atoms. The van der Waals surface area contributed by atoms with Crippen LogP contribution in [-0.4, -0.2) is 25.7 Å². The molecule has 3 aromatic rings. The van der Waals surface area contributed by atoms with E-state index < -0.39 is 10.0 Å². The number of benzene rings is 1. The van der Waals surface area contributed by atoms with Crippen molar-refractivity contribution in [3.05, 3.63) is 48.3 Å². The topological polar surface area (TPSA) is 94.3 Å². The molecule has 8 heteroatoms. The number of hydrogen-bond donors (Lipinski definition) is 1. The van der Waals surface area contributed by atoms with Crippen LogP contribution < -0.4 is 9.46 Å². The van der Waals surface area contributed by atoms with E-state index in [1.807, 2.05) is 0 Å². The van der Waals surface area contributed by atoms with Gasteiger partial charge in [0.2, 0.25) is 15.9 Å². The van der Waals surface area contributed by atoms with Gasteiger partial charge in [-0.2, -0.15) is 0 Å². The number of sulfonamides is 1. The Morgan fingerprint density at radius 3 is 2.77 bits per heavy atom. The summed E-state index contributed by atoms with van der Waals surface area (Å²) in [5, 5.41) is 4.50. The van der Waals surface area contributed by atoms with Crippen LogP contribution in [0, 0.1) is 0 Å². The Labute approximate surface area is 127 Å². The third kappa shape index (κ3) is 3.01. The van der Waals surface area contributed by atoms with Gasteiger partial charge in [-0.25, -0.2) is 13.4 Å². The molecule has 0 spiro atoms. The van der Waals surface area contributed by atoms with Crippen LogP contribution in [0.1, 0.15) is 5.69 Å².